The summed E-state index contributed by atoms with van der Waals surface area (Å²) >= 11 is 2.86. The minimum Gasteiger partial charge on any atom is -0.318 e. The van der Waals surface area contributed by atoms with Gasteiger partial charge in [-0.1, -0.05) is 30.3 Å². The molecule has 14 heavy (non-hydrogen) atoms. The first kappa shape index (κ1) is 11.6. The van der Waals surface area contributed by atoms with Gasteiger partial charge in [0.05, 0.1) is 17.9 Å². The summed E-state index contributed by atoms with van der Waals surface area (Å²) < 4.78 is 4.83. The molecule has 0 saturated carbocycles. The first-order valence-corrected chi connectivity index (χ1v) is 6.12. The molecule has 0 amide bonds. The lowest BCUT2D eigenvalue weighted by atomic mass is 10.2. The van der Waals surface area contributed by atoms with Crippen molar-refractivity contribution in [1.82, 2.24) is 0 Å². The van der Waals surface area contributed by atoms with E-state index in [0.717, 1.165) is 5.75 Å². The summed E-state index contributed by atoms with van der Waals surface area (Å²) in [6.45, 7) is 0. The molecule has 1 aromatic rings. The van der Waals surface area contributed by atoms with E-state index >= 15 is 0 Å². The highest BCUT2D eigenvalue weighted by atomic mass is 32.2. The molecule has 0 aromatic heterocycles. The molecule has 4 heteroatoms. The number of rotatable bonds is 5. The number of hydrogen-bond donors (Lipinski definition) is 1. The minimum atomic E-state index is 0.633. The maximum atomic E-state index is 7.60. The number of thioether (sulfide) groups is 1. The van der Waals surface area contributed by atoms with Crippen molar-refractivity contribution in [1.29, 1.82) is 5.41 Å². The molecular weight excluding hydrogens is 214 g/mol. The lowest BCUT2D eigenvalue weighted by molar-refractivity contribution is 0.492. The normalized spacial score (nSPS) is 10.1. The Hall–Kier alpha value is -0.450. The van der Waals surface area contributed by atoms with Crippen LogP contribution in [0.5, 0.6) is 0 Å². The fourth-order valence-corrected chi connectivity index (χ4v) is 2.13. The van der Waals surface area contributed by atoms with E-state index < -0.39 is 0 Å². The smallest absolute Gasteiger partial charge is 0.0767 e. The van der Waals surface area contributed by atoms with Gasteiger partial charge in [0.15, 0.2) is 0 Å². The van der Waals surface area contributed by atoms with Crippen molar-refractivity contribution >= 4 is 28.8 Å². The zero-order chi connectivity index (χ0) is 10.2. The van der Waals surface area contributed by atoms with Gasteiger partial charge in [-0.15, -0.1) is 11.8 Å². The van der Waals surface area contributed by atoms with Crippen LogP contribution in [-0.4, -0.2) is 17.9 Å². The SMILES string of the molecule is COSCC(=N)SCc1ccccc1. The first-order chi connectivity index (χ1) is 6.83. The third-order valence-electron chi connectivity index (χ3n) is 1.56. The number of benzene rings is 1. The maximum absolute atomic E-state index is 7.60. The summed E-state index contributed by atoms with van der Waals surface area (Å²) in [5, 5.41) is 8.26. The van der Waals surface area contributed by atoms with Crippen LogP contribution in [0.15, 0.2) is 30.3 Å². The molecular formula is C10H13NOS2. The average Bonchev–Trinajstić information content (AvgIpc) is 2.25. The molecule has 1 rings (SSSR count). The predicted octanol–water partition coefficient (Wildman–Crippen LogP) is 3.19. The van der Waals surface area contributed by atoms with E-state index in [-0.39, 0.29) is 0 Å². The van der Waals surface area contributed by atoms with Crippen molar-refractivity contribution in [3.8, 4) is 0 Å². The van der Waals surface area contributed by atoms with Crippen LogP contribution in [0, 0.1) is 5.41 Å². The van der Waals surface area contributed by atoms with E-state index in [0.29, 0.717) is 10.8 Å². The molecule has 0 radical (unpaired) electrons. The highest BCUT2D eigenvalue weighted by Crippen LogP contribution is 2.15. The third kappa shape index (κ3) is 4.69. The zero-order valence-corrected chi connectivity index (χ0v) is 9.66. The van der Waals surface area contributed by atoms with Gasteiger partial charge in [0.25, 0.3) is 0 Å². The molecule has 0 fully saturated rings. The predicted molar refractivity (Wildman–Crippen MR) is 64.9 cm³/mol. The summed E-state index contributed by atoms with van der Waals surface area (Å²) in [6.07, 6.45) is 0. The standard InChI is InChI=1S/C10H13NOS2/c1-12-14-8-10(11)13-7-9-5-3-2-4-6-9/h2-6,11H,7-8H2,1H3. The highest BCUT2D eigenvalue weighted by molar-refractivity contribution is 8.14. The van der Waals surface area contributed by atoms with Crippen molar-refractivity contribution < 1.29 is 4.18 Å². The van der Waals surface area contributed by atoms with E-state index in [1.165, 1.54) is 17.6 Å². The van der Waals surface area contributed by atoms with Crippen LogP contribution in [-0.2, 0) is 9.94 Å². The zero-order valence-electron chi connectivity index (χ0n) is 8.03. The van der Waals surface area contributed by atoms with Crippen molar-refractivity contribution in [3.05, 3.63) is 35.9 Å². The molecule has 0 heterocycles. The summed E-state index contributed by atoms with van der Waals surface area (Å²) in [4.78, 5) is 0. The number of hydrogen-bond acceptors (Lipinski definition) is 4. The Morgan fingerprint density at radius 2 is 2.07 bits per heavy atom. The second-order valence-electron chi connectivity index (χ2n) is 2.63. The van der Waals surface area contributed by atoms with E-state index in [1.807, 2.05) is 18.2 Å². The van der Waals surface area contributed by atoms with Crippen LogP contribution in [0.2, 0.25) is 0 Å². The average molecular weight is 227 g/mol. The third-order valence-corrected chi connectivity index (χ3v) is 3.36. The van der Waals surface area contributed by atoms with Gasteiger partial charge in [-0.05, 0) is 17.6 Å². The highest BCUT2D eigenvalue weighted by Gasteiger charge is 1.99. The summed E-state index contributed by atoms with van der Waals surface area (Å²) in [7, 11) is 1.62. The number of nitrogens with one attached hydrogen (secondary N) is 1. The Kier molecular flexibility index (Phi) is 5.75. The molecule has 0 saturated heterocycles. The molecule has 0 unspecified atom stereocenters. The van der Waals surface area contributed by atoms with Gasteiger partial charge in [-0.2, -0.15) is 0 Å². The Labute approximate surface area is 93.1 Å². The van der Waals surface area contributed by atoms with Crippen LogP contribution >= 0.6 is 23.8 Å². The molecule has 0 aliphatic carbocycles. The van der Waals surface area contributed by atoms with Gasteiger partial charge in [0.2, 0.25) is 0 Å². The molecule has 76 valence electrons. The minimum absolute atomic E-state index is 0.633. The van der Waals surface area contributed by atoms with Gasteiger partial charge >= 0.3 is 0 Å². The summed E-state index contributed by atoms with van der Waals surface area (Å²) in [5.74, 6) is 1.50. The Morgan fingerprint density at radius 1 is 1.36 bits per heavy atom. The van der Waals surface area contributed by atoms with Crippen molar-refractivity contribution in [2.24, 2.45) is 0 Å². The monoisotopic (exact) mass is 227 g/mol. The molecule has 1 aromatic carbocycles. The van der Waals surface area contributed by atoms with Crippen molar-refractivity contribution in [2.75, 3.05) is 12.9 Å². The van der Waals surface area contributed by atoms with Gasteiger partial charge in [-0.3, -0.25) is 5.41 Å². The Morgan fingerprint density at radius 3 is 2.71 bits per heavy atom. The summed E-state index contributed by atoms with van der Waals surface area (Å²) in [6, 6.07) is 10.2. The second kappa shape index (κ2) is 6.92. The van der Waals surface area contributed by atoms with E-state index in [9.17, 15) is 0 Å². The van der Waals surface area contributed by atoms with Gasteiger partial charge in [-0.25, -0.2) is 0 Å². The van der Waals surface area contributed by atoms with Crippen LogP contribution in [0.25, 0.3) is 0 Å². The second-order valence-corrected chi connectivity index (χ2v) is 4.55. The topological polar surface area (TPSA) is 33.1 Å². The fraction of sp³-hybridized carbons (Fsp3) is 0.300. The van der Waals surface area contributed by atoms with Crippen LogP contribution in [0.3, 0.4) is 0 Å². The van der Waals surface area contributed by atoms with E-state index in [4.69, 9.17) is 9.59 Å². The van der Waals surface area contributed by atoms with E-state index in [2.05, 4.69) is 12.1 Å². The lowest BCUT2D eigenvalue weighted by Gasteiger charge is -2.02. The Bertz CT molecular complexity index is 277. The quantitative estimate of drug-likeness (QED) is 0.476. The molecule has 1 N–H and O–H groups in total. The molecule has 0 spiro atoms. The first-order valence-electron chi connectivity index (χ1n) is 4.22. The van der Waals surface area contributed by atoms with Crippen LogP contribution in [0.4, 0.5) is 0 Å². The summed E-state index contributed by atoms with van der Waals surface area (Å²) in [5.41, 5.74) is 1.25. The van der Waals surface area contributed by atoms with Crippen LogP contribution in [0.1, 0.15) is 5.56 Å². The Balaban J connectivity index is 2.24. The molecule has 0 aliphatic rings. The van der Waals surface area contributed by atoms with Crippen molar-refractivity contribution in [3.63, 3.8) is 0 Å². The van der Waals surface area contributed by atoms with Gasteiger partial charge < -0.3 is 4.18 Å². The lowest BCUT2D eigenvalue weighted by Crippen LogP contribution is -1.95. The molecule has 0 aliphatic heterocycles. The van der Waals surface area contributed by atoms with Gasteiger partial charge in [0.1, 0.15) is 0 Å². The molecule has 0 bridgehead atoms. The largest absolute Gasteiger partial charge is 0.318 e. The maximum Gasteiger partial charge on any atom is 0.0767 e. The van der Waals surface area contributed by atoms with Crippen LogP contribution < -0.4 is 0 Å². The fourth-order valence-electron chi connectivity index (χ4n) is 0.899. The molecule has 0 atom stereocenters. The van der Waals surface area contributed by atoms with Gasteiger partial charge in [0, 0.05) is 5.75 Å². The molecule has 2 nitrogen and oxygen atoms in total. The van der Waals surface area contributed by atoms with Crippen molar-refractivity contribution in [2.45, 2.75) is 5.75 Å². The van der Waals surface area contributed by atoms with E-state index in [1.54, 1.807) is 18.9 Å².